The zero-order chi connectivity index (χ0) is 12.5. The molecule has 18 heavy (non-hydrogen) atoms. The minimum Gasteiger partial charge on any atom is -0.460 e. The van der Waals surface area contributed by atoms with Gasteiger partial charge in [0.05, 0.1) is 0 Å². The van der Waals surface area contributed by atoms with Crippen molar-refractivity contribution in [1.82, 2.24) is 9.55 Å². The maximum Gasteiger partial charge on any atom is 0.182 e. The molecule has 0 unspecified atom stereocenters. The summed E-state index contributed by atoms with van der Waals surface area (Å²) in [6.07, 6.45) is 1.95. The Balaban J connectivity index is 2.09. The van der Waals surface area contributed by atoms with Gasteiger partial charge >= 0.3 is 0 Å². The fourth-order valence-corrected chi connectivity index (χ4v) is 2.15. The number of H-pyrrole nitrogens is 1. The first kappa shape index (κ1) is 11.0. The van der Waals surface area contributed by atoms with E-state index >= 15 is 0 Å². The molecule has 4 heteroatoms. The summed E-state index contributed by atoms with van der Waals surface area (Å²) in [4.78, 5) is 3.16. The fourth-order valence-electron chi connectivity index (χ4n) is 1.88. The van der Waals surface area contributed by atoms with Gasteiger partial charge in [-0.25, -0.2) is 0 Å². The van der Waals surface area contributed by atoms with Gasteiger partial charge in [0.2, 0.25) is 0 Å². The van der Waals surface area contributed by atoms with Crippen LogP contribution in [0.5, 0.6) is 0 Å². The Bertz CT molecular complexity index is 722. The molecule has 0 spiro atoms. The molecule has 2 aromatic heterocycles. The van der Waals surface area contributed by atoms with Crippen LogP contribution in [0, 0.1) is 11.7 Å². The summed E-state index contributed by atoms with van der Waals surface area (Å²) in [7, 11) is 0. The van der Waals surface area contributed by atoms with Gasteiger partial charge in [-0.05, 0) is 43.4 Å². The van der Waals surface area contributed by atoms with Gasteiger partial charge in [-0.2, -0.15) is 0 Å². The molecule has 2 heterocycles. The molecule has 1 N–H and O–H groups in total. The van der Waals surface area contributed by atoms with Gasteiger partial charge in [0, 0.05) is 11.9 Å². The third-order valence-corrected chi connectivity index (χ3v) is 3.06. The summed E-state index contributed by atoms with van der Waals surface area (Å²) < 4.78 is 8.17. The number of furan rings is 1. The van der Waals surface area contributed by atoms with Gasteiger partial charge in [-0.15, -0.1) is 0 Å². The smallest absolute Gasteiger partial charge is 0.182 e. The molecule has 0 radical (unpaired) electrons. The number of rotatable bonds is 2. The molecule has 0 bridgehead atoms. The van der Waals surface area contributed by atoms with E-state index in [1.54, 1.807) is 0 Å². The number of nitrogens with zero attached hydrogens (tertiary/aromatic N) is 1. The van der Waals surface area contributed by atoms with Crippen LogP contribution >= 0.6 is 12.2 Å². The molecule has 1 aromatic carbocycles. The molecule has 0 fully saturated rings. The number of hydrogen-bond donors (Lipinski definition) is 1. The number of para-hydroxylation sites is 1. The Kier molecular flexibility index (Phi) is 2.64. The molecule has 0 aliphatic rings. The maximum absolute atomic E-state index is 5.58. The Morgan fingerprint density at radius 1 is 1.11 bits per heavy atom. The molecule has 0 amide bonds. The van der Waals surface area contributed by atoms with Crippen molar-refractivity contribution in [3.8, 4) is 17.1 Å². The normalized spacial score (nSPS) is 10.7. The van der Waals surface area contributed by atoms with Crippen LogP contribution in [-0.2, 0) is 0 Å². The lowest BCUT2D eigenvalue weighted by molar-refractivity contribution is 0.546. The summed E-state index contributed by atoms with van der Waals surface area (Å²) in [6, 6.07) is 13.9. The first-order valence-corrected chi connectivity index (χ1v) is 6.09. The third-order valence-electron chi connectivity index (χ3n) is 2.76. The van der Waals surface area contributed by atoms with Crippen molar-refractivity contribution < 1.29 is 4.42 Å². The lowest BCUT2D eigenvalue weighted by Gasteiger charge is -1.99. The van der Waals surface area contributed by atoms with E-state index in [2.05, 4.69) is 4.98 Å². The molecular weight excluding hydrogens is 244 g/mol. The summed E-state index contributed by atoms with van der Waals surface area (Å²) >= 11 is 5.33. The van der Waals surface area contributed by atoms with Crippen LogP contribution in [0.3, 0.4) is 0 Å². The van der Waals surface area contributed by atoms with E-state index in [0.717, 1.165) is 22.9 Å². The standard InChI is InChI=1S/C14H12N2OS/c1-10-7-8-13(17-10)12-9-16(14(18)15-12)11-5-3-2-4-6-11/h2-9H,1H3,(H,15,18). The van der Waals surface area contributed by atoms with E-state index in [1.807, 2.05) is 60.2 Å². The number of aryl methyl sites for hydroxylation is 1. The summed E-state index contributed by atoms with van der Waals surface area (Å²) in [5.74, 6) is 1.69. The second kappa shape index (κ2) is 4.31. The van der Waals surface area contributed by atoms with E-state index in [4.69, 9.17) is 16.6 Å². The predicted octanol–water partition coefficient (Wildman–Crippen LogP) is 4.10. The van der Waals surface area contributed by atoms with Crippen LogP contribution < -0.4 is 0 Å². The molecule has 0 atom stereocenters. The first-order chi connectivity index (χ1) is 8.74. The third kappa shape index (κ3) is 1.91. The van der Waals surface area contributed by atoms with Crippen molar-refractivity contribution in [3.05, 3.63) is 59.2 Å². The molecule has 3 aromatic rings. The summed E-state index contributed by atoms with van der Waals surface area (Å²) in [5, 5.41) is 0. The van der Waals surface area contributed by atoms with Gasteiger partial charge in [-0.3, -0.25) is 4.57 Å². The largest absolute Gasteiger partial charge is 0.460 e. The van der Waals surface area contributed by atoms with E-state index in [1.165, 1.54) is 0 Å². The quantitative estimate of drug-likeness (QED) is 0.700. The van der Waals surface area contributed by atoms with E-state index in [0.29, 0.717) is 4.77 Å². The minimum atomic E-state index is 0.658. The van der Waals surface area contributed by atoms with E-state index < -0.39 is 0 Å². The molecule has 0 aliphatic heterocycles. The van der Waals surface area contributed by atoms with Crippen molar-refractivity contribution in [2.75, 3.05) is 0 Å². The van der Waals surface area contributed by atoms with Crippen molar-refractivity contribution >= 4 is 12.2 Å². The fraction of sp³-hybridized carbons (Fsp3) is 0.0714. The van der Waals surface area contributed by atoms with Crippen LogP contribution in [-0.4, -0.2) is 9.55 Å². The molecule has 3 rings (SSSR count). The van der Waals surface area contributed by atoms with Gasteiger partial charge < -0.3 is 9.40 Å². The Morgan fingerprint density at radius 3 is 2.56 bits per heavy atom. The van der Waals surface area contributed by atoms with Gasteiger partial charge in [-0.1, -0.05) is 18.2 Å². The highest BCUT2D eigenvalue weighted by molar-refractivity contribution is 7.71. The van der Waals surface area contributed by atoms with Gasteiger partial charge in [0.1, 0.15) is 11.5 Å². The highest BCUT2D eigenvalue weighted by Gasteiger charge is 2.07. The number of nitrogens with one attached hydrogen (secondary N) is 1. The lowest BCUT2D eigenvalue weighted by atomic mass is 10.3. The number of benzene rings is 1. The van der Waals surface area contributed by atoms with Gasteiger partial charge in [0.25, 0.3) is 0 Å². The van der Waals surface area contributed by atoms with Crippen LogP contribution in [0.15, 0.2) is 53.1 Å². The molecule has 0 saturated heterocycles. The second-order valence-corrected chi connectivity index (χ2v) is 4.48. The minimum absolute atomic E-state index is 0.658. The second-order valence-electron chi connectivity index (χ2n) is 4.09. The first-order valence-electron chi connectivity index (χ1n) is 5.68. The number of aromatic amines is 1. The Morgan fingerprint density at radius 2 is 1.89 bits per heavy atom. The van der Waals surface area contributed by atoms with Crippen molar-refractivity contribution in [2.45, 2.75) is 6.92 Å². The van der Waals surface area contributed by atoms with Crippen LogP contribution in [0.2, 0.25) is 0 Å². The summed E-state index contributed by atoms with van der Waals surface area (Å²) in [6.45, 7) is 1.92. The number of aromatic nitrogens is 2. The van der Waals surface area contributed by atoms with Crippen LogP contribution in [0.1, 0.15) is 5.76 Å². The number of hydrogen-bond acceptors (Lipinski definition) is 2. The van der Waals surface area contributed by atoms with Crippen molar-refractivity contribution in [2.24, 2.45) is 0 Å². The molecule has 3 nitrogen and oxygen atoms in total. The molecule has 90 valence electrons. The SMILES string of the molecule is Cc1ccc(-c2cn(-c3ccccc3)c(=S)[nH]2)o1. The highest BCUT2D eigenvalue weighted by atomic mass is 32.1. The average Bonchev–Trinajstić information content (AvgIpc) is 2.97. The van der Waals surface area contributed by atoms with Gasteiger partial charge in [0.15, 0.2) is 10.5 Å². The number of imidazole rings is 1. The average molecular weight is 256 g/mol. The van der Waals surface area contributed by atoms with E-state index in [9.17, 15) is 0 Å². The van der Waals surface area contributed by atoms with Crippen molar-refractivity contribution in [3.63, 3.8) is 0 Å². The predicted molar refractivity (Wildman–Crippen MR) is 73.4 cm³/mol. The Hall–Kier alpha value is -2.07. The van der Waals surface area contributed by atoms with Crippen LogP contribution in [0.25, 0.3) is 17.1 Å². The molecular formula is C14H12N2OS. The molecule has 0 aliphatic carbocycles. The molecule has 0 saturated carbocycles. The topological polar surface area (TPSA) is 33.9 Å². The monoisotopic (exact) mass is 256 g/mol. The summed E-state index contributed by atoms with van der Waals surface area (Å²) in [5.41, 5.74) is 1.92. The van der Waals surface area contributed by atoms with E-state index in [-0.39, 0.29) is 0 Å². The highest BCUT2D eigenvalue weighted by Crippen LogP contribution is 2.21. The zero-order valence-corrected chi connectivity index (χ0v) is 10.7. The van der Waals surface area contributed by atoms with Crippen molar-refractivity contribution in [1.29, 1.82) is 0 Å². The lowest BCUT2D eigenvalue weighted by Crippen LogP contribution is -1.90. The zero-order valence-electron chi connectivity index (χ0n) is 9.88. The maximum atomic E-state index is 5.58. The van der Waals surface area contributed by atoms with Crippen LogP contribution in [0.4, 0.5) is 0 Å². The Labute approximate surface area is 110 Å².